The second-order valence-corrected chi connectivity index (χ2v) is 24.8. The molecule has 4 heterocycles. The van der Waals surface area contributed by atoms with Crippen LogP contribution in [0.15, 0.2) is 58.4 Å². The Morgan fingerprint density at radius 3 is 2.49 bits per heavy atom. The molecular formula is C54H71N7O12Si. The maximum atomic E-state index is 14.3. The summed E-state index contributed by atoms with van der Waals surface area (Å²) in [5.74, 6) is -1.63. The van der Waals surface area contributed by atoms with Crippen LogP contribution in [-0.2, 0) is 74.6 Å². The molecular weight excluding hydrogens is 967 g/mol. The Bertz CT molecular complexity index is 2830. The van der Waals surface area contributed by atoms with Gasteiger partial charge in [-0.05, 0) is 116 Å². The molecule has 2 aliphatic heterocycles. The lowest BCUT2D eigenvalue weighted by Gasteiger charge is -2.36. The van der Waals surface area contributed by atoms with E-state index in [-0.39, 0.29) is 111 Å². The number of esters is 1. The van der Waals surface area contributed by atoms with Gasteiger partial charge in [0.1, 0.15) is 32.2 Å². The lowest BCUT2D eigenvalue weighted by atomic mass is 9.85. The van der Waals surface area contributed by atoms with Gasteiger partial charge in [-0.1, -0.05) is 65.2 Å². The number of pyridine rings is 2. The van der Waals surface area contributed by atoms with E-state index in [1.165, 1.54) is 0 Å². The first-order valence-electron chi connectivity index (χ1n) is 26.1. The number of anilines is 1. The first kappa shape index (κ1) is 55.3. The third-order valence-corrected chi connectivity index (χ3v) is 18.3. The summed E-state index contributed by atoms with van der Waals surface area (Å²) in [6.07, 6.45) is 1.81. The number of ketones is 2. The van der Waals surface area contributed by atoms with Crippen LogP contribution >= 0.6 is 0 Å². The van der Waals surface area contributed by atoms with Crippen molar-refractivity contribution in [2.45, 2.75) is 136 Å². The van der Waals surface area contributed by atoms with Gasteiger partial charge >= 0.3 is 12.1 Å². The van der Waals surface area contributed by atoms with Crippen molar-refractivity contribution in [1.82, 2.24) is 14.9 Å². The van der Waals surface area contributed by atoms with E-state index in [1.54, 1.807) is 41.8 Å². The van der Waals surface area contributed by atoms with Crippen molar-refractivity contribution >= 4 is 54.5 Å². The van der Waals surface area contributed by atoms with Gasteiger partial charge in [0.2, 0.25) is 19.8 Å². The van der Waals surface area contributed by atoms with Crippen LogP contribution in [0.2, 0.25) is 18.1 Å². The van der Waals surface area contributed by atoms with Crippen LogP contribution in [0.3, 0.4) is 0 Å². The minimum Gasteiger partial charge on any atom is -0.543 e. The highest BCUT2D eigenvalue weighted by molar-refractivity contribution is 6.74. The molecule has 0 radical (unpaired) electrons. The van der Waals surface area contributed by atoms with E-state index in [9.17, 15) is 28.8 Å². The number of hydrogen-bond acceptors (Lipinski definition) is 15. The molecule has 0 saturated heterocycles. The monoisotopic (exact) mass is 1040 g/mol. The van der Waals surface area contributed by atoms with Crippen molar-refractivity contribution in [3.05, 3.63) is 97.1 Å². The number of rotatable bonds is 28. The molecule has 0 saturated carbocycles. The summed E-state index contributed by atoms with van der Waals surface area (Å²) in [4.78, 5) is 88.2. The average Bonchev–Trinajstić information content (AvgIpc) is 3.74. The van der Waals surface area contributed by atoms with E-state index < -0.39 is 32.0 Å². The quantitative estimate of drug-likeness (QED) is 0.0118. The number of benzene rings is 2. The Labute approximate surface area is 434 Å². The summed E-state index contributed by atoms with van der Waals surface area (Å²) < 4.78 is 43.3. The number of hydrogen-bond donors (Lipinski definition) is 2. The Hall–Kier alpha value is -6.44. The van der Waals surface area contributed by atoms with Gasteiger partial charge in [0.05, 0.1) is 35.6 Å². The Kier molecular flexibility index (Phi) is 19.2. The minimum atomic E-state index is -2.14. The number of cyclic esters (lactones) is 1. The van der Waals surface area contributed by atoms with Gasteiger partial charge < -0.3 is 43.3 Å². The highest BCUT2D eigenvalue weighted by Gasteiger charge is 2.51. The maximum absolute atomic E-state index is 14.3. The van der Waals surface area contributed by atoms with Crippen molar-refractivity contribution in [1.29, 1.82) is 0 Å². The van der Waals surface area contributed by atoms with E-state index in [0.29, 0.717) is 68.0 Å². The van der Waals surface area contributed by atoms with E-state index >= 15 is 0 Å². The molecule has 2 aromatic carbocycles. The Morgan fingerprint density at radius 2 is 1.77 bits per heavy atom. The smallest absolute Gasteiger partial charge is 0.510 e. The van der Waals surface area contributed by atoms with Gasteiger partial charge in [-0.3, -0.25) is 19.2 Å². The molecule has 2 atom stereocenters. The Morgan fingerprint density at radius 1 is 1.00 bits per heavy atom. The zero-order valence-corrected chi connectivity index (χ0v) is 44.8. The molecule has 19 nitrogen and oxygen atoms in total. The Balaban J connectivity index is 1.09. The van der Waals surface area contributed by atoms with Gasteiger partial charge in [0.25, 0.3) is 5.56 Å². The number of nitrogens with zero attached hydrogens (tertiary/aromatic N) is 5. The zero-order valence-electron chi connectivity index (χ0n) is 44.8. The van der Waals surface area contributed by atoms with Gasteiger partial charge in [-0.25, -0.2) is 14.6 Å². The summed E-state index contributed by atoms with van der Waals surface area (Å²) in [7, 11) is -2.14. The first-order valence-corrected chi connectivity index (χ1v) is 28.3. The summed E-state index contributed by atoms with van der Waals surface area (Å²) in [5.41, 5.74) is 11.1. The fourth-order valence-corrected chi connectivity index (χ4v) is 9.88. The minimum absolute atomic E-state index is 0.00299. The number of amides is 1. The molecule has 0 spiro atoms. The standard InChI is InChI=1S/C54H71N7O12Si/c1-9-41-42-28-40(73-74(7,8)53(4,5)6)21-22-46(42)59-48-43(41)30-61-47(48)29-45-44(50(61)65)34-70-51(66)54(45,10-2)72-52(67)71-31-35-17-19-37(20-18-35)58-49(64)36(15-12-13-23-56-11-3)27-39(63)33-69-32-38(62)16-14-25-68-26-24-57-60-55/h17-22,28-29,36,56H,9-16,23-27,30-34H2,1-8H3,(H,58,64)/i3T. The van der Waals surface area contributed by atoms with Crippen LogP contribution in [0.4, 0.5) is 10.5 Å². The van der Waals surface area contributed by atoms with Crippen molar-refractivity contribution < 1.29 is 53.5 Å². The largest absolute Gasteiger partial charge is 0.543 e. The van der Waals surface area contributed by atoms with Crippen molar-refractivity contribution in [3.63, 3.8) is 0 Å². The molecule has 4 aromatic rings. The number of carbonyl (C=O) groups is 5. The molecule has 398 valence electrons. The molecule has 1 amide bonds. The van der Waals surface area contributed by atoms with Crippen LogP contribution in [0.1, 0.15) is 116 Å². The average molecular weight is 1040 g/mol. The third-order valence-electron chi connectivity index (χ3n) is 14.0. The topological polar surface area (TPSA) is 248 Å². The maximum Gasteiger partial charge on any atom is 0.510 e. The first-order chi connectivity index (χ1) is 35.9. The summed E-state index contributed by atoms with van der Waals surface area (Å²) in [6, 6.07) is 14.2. The number of Topliss-reactive ketones (excluding diaryl/α,β-unsaturated/α-hetero) is 2. The predicted molar refractivity (Wildman–Crippen MR) is 281 cm³/mol. The van der Waals surface area contributed by atoms with Crippen molar-refractivity contribution in [3.8, 4) is 17.1 Å². The van der Waals surface area contributed by atoms with Crippen LogP contribution in [0, 0.1) is 5.92 Å². The number of azide groups is 1. The van der Waals surface area contributed by atoms with Gasteiger partial charge in [-0.2, -0.15) is 0 Å². The third kappa shape index (κ3) is 13.8. The normalized spacial score (nSPS) is 15.4. The van der Waals surface area contributed by atoms with E-state index in [4.69, 9.17) is 40.0 Å². The lowest BCUT2D eigenvalue weighted by molar-refractivity contribution is -0.175. The molecule has 74 heavy (non-hydrogen) atoms. The molecule has 2 aromatic heterocycles. The van der Waals surface area contributed by atoms with E-state index in [1.807, 2.05) is 18.2 Å². The molecule has 2 aliphatic rings. The van der Waals surface area contributed by atoms with Gasteiger partial charge in [0.15, 0.2) is 11.6 Å². The highest BCUT2D eigenvalue weighted by atomic mass is 28.4. The molecule has 0 fully saturated rings. The van der Waals surface area contributed by atoms with E-state index in [2.05, 4.69) is 61.4 Å². The van der Waals surface area contributed by atoms with Gasteiger partial charge in [-0.15, -0.1) is 0 Å². The fourth-order valence-electron chi connectivity index (χ4n) is 8.86. The number of nitrogens with one attached hydrogen (secondary N) is 2. The number of ether oxygens (including phenoxy) is 5. The predicted octanol–water partition coefficient (Wildman–Crippen LogP) is 9.37. The molecule has 0 bridgehead atoms. The van der Waals surface area contributed by atoms with Crippen LogP contribution in [0.5, 0.6) is 5.75 Å². The SMILES string of the molecule is [3H]CCNCCCCC(CC(=O)COCC(=O)CCCOCCN=[N+]=[N-])C(=O)Nc1ccc(COC(=O)OC2(CC)C(=O)OCc3c2cc2n(c3=O)Cc3c-2nc2ccc(O[Si](C)(C)C(C)(C)C)cc2c3CC)cc1. The second kappa shape index (κ2) is 25.7. The van der Waals surface area contributed by atoms with Crippen molar-refractivity contribution in [2.75, 3.05) is 51.4 Å². The summed E-state index contributed by atoms with van der Waals surface area (Å²) in [6.45, 7) is 16.1. The van der Waals surface area contributed by atoms with Crippen LogP contribution in [-0.4, -0.2) is 93.5 Å². The zero-order chi connectivity index (χ0) is 54.3. The van der Waals surface area contributed by atoms with Crippen molar-refractivity contribution in [2.24, 2.45) is 11.0 Å². The fraction of sp³-hybridized carbons (Fsp3) is 0.537. The van der Waals surface area contributed by atoms with Gasteiger partial charge in [0, 0.05) is 60.4 Å². The number of aryl methyl sites for hydroxylation is 1. The van der Waals surface area contributed by atoms with E-state index in [0.717, 1.165) is 34.2 Å². The lowest BCUT2D eigenvalue weighted by Crippen LogP contribution is -2.47. The second-order valence-electron chi connectivity index (χ2n) is 20.1. The molecule has 0 aliphatic carbocycles. The molecule has 2 N–H and O–H groups in total. The summed E-state index contributed by atoms with van der Waals surface area (Å²) in [5, 5.41) is 10.4. The highest BCUT2D eigenvalue weighted by Crippen LogP contribution is 2.43. The number of aromatic nitrogens is 2. The molecule has 6 rings (SSSR count). The number of fused-ring (bicyclic) bond motifs is 5. The number of carbonyl (C=O) groups excluding carboxylic acids is 5. The summed E-state index contributed by atoms with van der Waals surface area (Å²) >= 11 is 0. The molecule has 2 unspecified atom stereocenters. The van der Waals surface area contributed by atoms with Crippen LogP contribution in [0.25, 0.3) is 32.7 Å². The molecule has 20 heteroatoms. The van der Waals surface area contributed by atoms with Crippen LogP contribution < -0.4 is 20.6 Å². The number of unbranched alkanes of at least 4 members (excludes halogenated alkanes) is 1.